The van der Waals surface area contributed by atoms with E-state index < -0.39 is 85.8 Å². The summed E-state index contributed by atoms with van der Waals surface area (Å²) in [5, 5.41) is 14.6. The number of fused-ring (bicyclic) bond motifs is 3. The number of nitrogens with one attached hydrogen (secondary N) is 2. The first kappa shape index (κ1) is 34.8. The number of carboxylic acids is 1. The fourth-order valence-electron chi connectivity index (χ4n) is 5.58. The van der Waals surface area contributed by atoms with E-state index in [0.717, 1.165) is 49.9 Å². The van der Waals surface area contributed by atoms with Crippen LogP contribution in [0, 0.1) is 0 Å². The highest BCUT2D eigenvalue weighted by Crippen LogP contribution is 2.44. The highest BCUT2D eigenvalue weighted by atomic mass is 16.7. The van der Waals surface area contributed by atoms with Crippen LogP contribution in [-0.2, 0) is 52.4 Å². The summed E-state index contributed by atoms with van der Waals surface area (Å²) in [4.78, 5) is 72.6. The van der Waals surface area contributed by atoms with E-state index in [2.05, 4.69) is 10.6 Å². The summed E-state index contributed by atoms with van der Waals surface area (Å²) in [6, 6.07) is 12.5. The largest absolute Gasteiger partial charge is 0.480 e. The molecule has 1 heterocycles. The van der Waals surface area contributed by atoms with Gasteiger partial charge in [0.15, 0.2) is 24.5 Å². The highest BCUT2D eigenvalue weighted by molar-refractivity contribution is 5.81. The van der Waals surface area contributed by atoms with Crippen LogP contribution in [0.5, 0.6) is 0 Å². The maximum Gasteiger partial charge on any atom is 0.407 e. The molecule has 0 unspecified atom stereocenters. The smallest absolute Gasteiger partial charge is 0.407 e. The van der Waals surface area contributed by atoms with E-state index in [1.54, 1.807) is 0 Å². The minimum absolute atomic E-state index is 0.0666. The zero-order chi connectivity index (χ0) is 34.2. The molecule has 1 aliphatic carbocycles. The van der Waals surface area contributed by atoms with Crippen LogP contribution in [0.25, 0.3) is 11.1 Å². The number of aliphatic carboxylic acids is 1. The van der Waals surface area contributed by atoms with Gasteiger partial charge >= 0.3 is 30.0 Å². The Kier molecular flexibility index (Phi) is 11.5. The van der Waals surface area contributed by atoms with Crippen LogP contribution in [-0.4, -0.2) is 97.5 Å². The predicted octanol–water partition coefficient (Wildman–Crippen LogP) is 1.65. The lowest BCUT2D eigenvalue weighted by molar-refractivity contribution is -0.278. The third kappa shape index (κ3) is 8.83. The maximum absolute atomic E-state index is 12.8. The summed E-state index contributed by atoms with van der Waals surface area (Å²) in [6.45, 7) is 3.23. The molecule has 15 nitrogen and oxygen atoms in total. The van der Waals surface area contributed by atoms with Gasteiger partial charge in [-0.25, -0.2) is 9.59 Å². The molecule has 4 rings (SSSR count). The number of esters is 3. The molecule has 6 atom stereocenters. The quantitative estimate of drug-likeness (QED) is 0.220. The zero-order valence-corrected chi connectivity index (χ0v) is 26.1. The van der Waals surface area contributed by atoms with Gasteiger partial charge in [0.05, 0.1) is 6.61 Å². The molecule has 1 fully saturated rings. The third-order valence-corrected chi connectivity index (χ3v) is 7.43. The van der Waals surface area contributed by atoms with Crippen molar-refractivity contribution in [3.05, 3.63) is 59.7 Å². The summed E-state index contributed by atoms with van der Waals surface area (Å²) in [7, 11) is 0. The number of benzene rings is 2. The second-order valence-electron chi connectivity index (χ2n) is 10.9. The topological polar surface area (TPSA) is 202 Å². The molecule has 0 spiro atoms. The molecule has 0 radical (unpaired) electrons. The van der Waals surface area contributed by atoms with E-state index in [-0.39, 0.29) is 12.5 Å². The number of amides is 2. The summed E-state index contributed by atoms with van der Waals surface area (Å²) < 4.78 is 32.8. The van der Waals surface area contributed by atoms with Gasteiger partial charge in [-0.3, -0.25) is 19.2 Å². The molecule has 1 saturated heterocycles. The Labute approximate surface area is 269 Å². The monoisotopic (exact) mass is 656 g/mol. The Hall–Kier alpha value is -5.02. The lowest BCUT2D eigenvalue weighted by Crippen LogP contribution is -2.67. The fourth-order valence-corrected chi connectivity index (χ4v) is 5.58. The molecule has 1 aliphatic heterocycles. The van der Waals surface area contributed by atoms with Crippen molar-refractivity contribution in [2.24, 2.45) is 0 Å². The summed E-state index contributed by atoms with van der Waals surface area (Å²) in [6.07, 6.45) is -6.58. The number of ether oxygens (including phenoxy) is 6. The van der Waals surface area contributed by atoms with Gasteiger partial charge in [0.1, 0.15) is 25.4 Å². The Bertz CT molecular complexity index is 1470. The minimum atomic E-state index is -1.66. The van der Waals surface area contributed by atoms with Gasteiger partial charge in [0.2, 0.25) is 5.91 Å². The van der Waals surface area contributed by atoms with E-state index in [9.17, 15) is 33.9 Å². The van der Waals surface area contributed by atoms with Crippen molar-refractivity contribution in [1.82, 2.24) is 10.6 Å². The van der Waals surface area contributed by atoms with Gasteiger partial charge in [-0.15, -0.1) is 0 Å². The van der Waals surface area contributed by atoms with E-state index in [1.807, 2.05) is 48.5 Å². The molecule has 2 aliphatic rings. The maximum atomic E-state index is 12.8. The zero-order valence-electron chi connectivity index (χ0n) is 26.1. The van der Waals surface area contributed by atoms with Crippen LogP contribution >= 0.6 is 0 Å². The molecule has 3 N–H and O–H groups in total. The molecule has 252 valence electrons. The Morgan fingerprint density at radius 1 is 0.787 bits per heavy atom. The van der Waals surface area contributed by atoms with Crippen molar-refractivity contribution >= 4 is 35.9 Å². The molecule has 15 heteroatoms. The standard InChI is InChI=1S/C32H36N2O13/c1-16(35)33-27-29(46-19(4)38)28(45-18(3)37)26(15-42-17(2)36)47-31(27)43-14-25(30(39)40)34-32(41)44-13-24-22-11-7-5-9-20(22)21-10-6-8-12-23(21)24/h5-12,24-29,31H,13-15H2,1-4H3,(H,33,35)(H,34,41)(H,39,40)/t25-,26-,27+,28-,29+,31+/m0/s1. The van der Waals surface area contributed by atoms with E-state index in [4.69, 9.17) is 28.4 Å². The van der Waals surface area contributed by atoms with Crippen molar-refractivity contribution in [2.45, 2.75) is 70.3 Å². The number of carboxylic acid groups (broad SMARTS) is 1. The lowest BCUT2D eigenvalue weighted by Gasteiger charge is -2.45. The van der Waals surface area contributed by atoms with Crippen LogP contribution < -0.4 is 10.6 Å². The first-order valence-corrected chi connectivity index (χ1v) is 14.7. The van der Waals surface area contributed by atoms with Crippen molar-refractivity contribution in [1.29, 1.82) is 0 Å². The van der Waals surface area contributed by atoms with E-state index in [0.29, 0.717) is 0 Å². The van der Waals surface area contributed by atoms with Crippen LogP contribution in [0.3, 0.4) is 0 Å². The van der Waals surface area contributed by atoms with Gasteiger partial charge in [0, 0.05) is 33.6 Å². The number of rotatable bonds is 12. The number of hydrogen-bond donors (Lipinski definition) is 3. The molecule has 2 aromatic carbocycles. The molecule has 2 aromatic rings. The fraction of sp³-hybridized carbons (Fsp3) is 0.438. The van der Waals surface area contributed by atoms with E-state index >= 15 is 0 Å². The summed E-state index contributed by atoms with van der Waals surface area (Å²) >= 11 is 0. The first-order valence-electron chi connectivity index (χ1n) is 14.7. The molecular weight excluding hydrogens is 620 g/mol. The lowest BCUT2D eigenvalue weighted by atomic mass is 9.96. The second kappa shape index (κ2) is 15.5. The van der Waals surface area contributed by atoms with Crippen LogP contribution in [0.2, 0.25) is 0 Å². The third-order valence-electron chi connectivity index (χ3n) is 7.43. The van der Waals surface area contributed by atoms with Gasteiger partial charge in [-0.2, -0.15) is 0 Å². The average Bonchev–Trinajstić information content (AvgIpc) is 3.32. The van der Waals surface area contributed by atoms with Crippen LogP contribution in [0.4, 0.5) is 4.79 Å². The van der Waals surface area contributed by atoms with Gasteiger partial charge < -0.3 is 44.2 Å². The number of carbonyl (C=O) groups excluding carboxylic acids is 5. The van der Waals surface area contributed by atoms with Gasteiger partial charge in [0.25, 0.3) is 0 Å². The second-order valence-corrected chi connectivity index (χ2v) is 10.9. The molecule has 0 bridgehead atoms. The SMILES string of the molecule is CC(=O)N[C@H]1[C@H](OC[C@H](NC(=O)OCC2c3ccccc3-c3ccccc32)C(=O)O)O[C@@H](COC(C)=O)[C@H](OC(C)=O)[C@@H]1OC(C)=O. The minimum Gasteiger partial charge on any atom is -0.480 e. The predicted molar refractivity (Wildman–Crippen MR) is 160 cm³/mol. The van der Waals surface area contributed by atoms with Crippen LogP contribution in [0.15, 0.2) is 48.5 Å². The Morgan fingerprint density at radius 3 is 1.89 bits per heavy atom. The Morgan fingerprint density at radius 2 is 1.36 bits per heavy atom. The normalized spacial score (nSPS) is 22.1. The van der Waals surface area contributed by atoms with Crippen molar-refractivity contribution < 1.29 is 62.3 Å². The van der Waals surface area contributed by atoms with Crippen molar-refractivity contribution in [3.63, 3.8) is 0 Å². The van der Waals surface area contributed by atoms with Crippen molar-refractivity contribution in [2.75, 3.05) is 19.8 Å². The molecule has 47 heavy (non-hydrogen) atoms. The van der Waals surface area contributed by atoms with Gasteiger partial charge in [-0.05, 0) is 22.3 Å². The Balaban J connectivity index is 1.48. The summed E-state index contributed by atoms with van der Waals surface area (Å²) in [5.41, 5.74) is 3.97. The van der Waals surface area contributed by atoms with Crippen LogP contribution in [0.1, 0.15) is 44.7 Å². The molecular formula is C32H36N2O13. The average molecular weight is 657 g/mol. The van der Waals surface area contributed by atoms with Gasteiger partial charge in [-0.1, -0.05) is 48.5 Å². The number of hydrogen-bond acceptors (Lipinski definition) is 12. The molecule has 2 amide bonds. The van der Waals surface area contributed by atoms with Crippen molar-refractivity contribution in [3.8, 4) is 11.1 Å². The number of carbonyl (C=O) groups is 6. The van der Waals surface area contributed by atoms with E-state index in [1.165, 1.54) is 0 Å². The number of alkyl carbamates (subject to hydrolysis) is 1. The molecule has 0 saturated carbocycles. The summed E-state index contributed by atoms with van der Waals surface area (Å²) in [5.74, 6) is -4.65. The molecule has 0 aromatic heterocycles. The highest BCUT2D eigenvalue weighted by Gasteiger charge is 2.51. The first-order chi connectivity index (χ1) is 22.3.